The highest BCUT2D eigenvalue weighted by molar-refractivity contribution is 5.61. The van der Waals surface area contributed by atoms with E-state index in [0.717, 1.165) is 29.1 Å². The molecule has 142 valence electrons. The van der Waals surface area contributed by atoms with Gasteiger partial charge in [-0.2, -0.15) is 5.10 Å². The van der Waals surface area contributed by atoms with Crippen molar-refractivity contribution in [3.63, 3.8) is 0 Å². The van der Waals surface area contributed by atoms with Crippen molar-refractivity contribution in [1.82, 2.24) is 9.78 Å². The monoisotopic (exact) mass is 367 g/mol. The fourth-order valence-electron chi connectivity index (χ4n) is 2.97. The van der Waals surface area contributed by atoms with Crippen molar-refractivity contribution in [2.24, 2.45) is 5.73 Å². The predicted molar refractivity (Wildman–Crippen MR) is 106 cm³/mol. The van der Waals surface area contributed by atoms with Gasteiger partial charge < -0.3 is 10.5 Å². The first-order valence-corrected chi connectivity index (χ1v) is 9.17. The third kappa shape index (κ3) is 4.37. The number of rotatable bonds is 6. The van der Waals surface area contributed by atoms with E-state index in [1.54, 1.807) is 12.1 Å². The smallest absolute Gasteiger partial charge is 0.140 e. The van der Waals surface area contributed by atoms with Crippen molar-refractivity contribution < 1.29 is 9.13 Å². The number of nitrogens with two attached hydrogens (primary N) is 1. The Kier molecular flexibility index (Phi) is 5.33. The Hall–Kier alpha value is -2.66. The highest BCUT2D eigenvalue weighted by Gasteiger charge is 2.18. The molecule has 0 spiro atoms. The zero-order chi connectivity index (χ0) is 19.6. The number of aromatic nitrogens is 2. The van der Waals surface area contributed by atoms with Crippen LogP contribution in [-0.2, 0) is 12.1 Å². The van der Waals surface area contributed by atoms with E-state index in [2.05, 4.69) is 19.1 Å². The second kappa shape index (κ2) is 7.53. The number of benzene rings is 2. The Morgan fingerprint density at radius 3 is 2.48 bits per heavy atom. The summed E-state index contributed by atoms with van der Waals surface area (Å²) in [7, 11) is 0. The van der Waals surface area contributed by atoms with Crippen LogP contribution in [0, 0.1) is 5.82 Å². The molecular formula is C22H26FN3O. The second-order valence-electron chi connectivity index (χ2n) is 7.29. The highest BCUT2D eigenvalue weighted by Crippen LogP contribution is 2.29. The van der Waals surface area contributed by atoms with Crippen LogP contribution in [0.2, 0.25) is 0 Å². The molecule has 5 heteroatoms. The number of nitrogens with zero attached hydrogens (tertiary/aromatic N) is 2. The van der Waals surface area contributed by atoms with Crippen LogP contribution < -0.4 is 10.5 Å². The third-order valence-electron chi connectivity index (χ3n) is 4.54. The van der Waals surface area contributed by atoms with Crippen LogP contribution in [0.5, 0.6) is 5.75 Å². The lowest BCUT2D eigenvalue weighted by molar-refractivity contribution is 0.220. The van der Waals surface area contributed by atoms with E-state index < -0.39 is 5.54 Å². The summed E-state index contributed by atoms with van der Waals surface area (Å²) in [6.45, 7) is 8.73. The summed E-state index contributed by atoms with van der Waals surface area (Å²) in [6, 6.07) is 16.3. The van der Waals surface area contributed by atoms with Gasteiger partial charge in [-0.25, -0.2) is 4.39 Å². The zero-order valence-corrected chi connectivity index (χ0v) is 16.2. The molecule has 0 aliphatic rings. The summed E-state index contributed by atoms with van der Waals surface area (Å²) in [5.74, 6) is 0.332. The van der Waals surface area contributed by atoms with Gasteiger partial charge in [0, 0.05) is 17.6 Å². The fourth-order valence-corrected chi connectivity index (χ4v) is 2.97. The molecule has 2 aromatic carbocycles. The van der Waals surface area contributed by atoms with E-state index in [1.807, 2.05) is 43.7 Å². The number of aryl methyl sites for hydroxylation is 1. The summed E-state index contributed by atoms with van der Waals surface area (Å²) in [4.78, 5) is 0. The first-order valence-electron chi connectivity index (χ1n) is 9.17. The average Bonchev–Trinajstić information content (AvgIpc) is 3.08. The molecule has 0 amide bonds. The molecule has 1 unspecified atom stereocenters. The maximum atomic E-state index is 13.1. The molecule has 0 saturated carbocycles. The molecular weight excluding hydrogens is 341 g/mol. The SMILES string of the molecule is CCn1nc(C(C)Oc2ccc(F)cc2)cc1-c1cccc(C(C)(C)N)c1. The lowest BCUT2D eigenvalue weighted by Gasteiger charge is -2.20. The minimum absolute atomic E-state index is 0.254. The van der Waals surface area contributed by atoms with Crippen LogP contribution in [0.15, 0.2) is 54.6 Å². The number of halogens is 1. The molecule has 3 aromatic rings. The Bertz CT molecular complexity index is 910. The van der Waals surface area contributed by atoms with Crippen molar-refractivity contribution in [1.29, 1.82) is 0 Å². The second-order valence-corrected chi connectivity index (χ2v) is 7.29. The fraction of sp³-hybridized carbons (Fsp3) is 0.318. The van der Waals surface area contributed by atoms with Gasteiger partial charge in [-0.15, -0.1) is 0 Å². The van der Waals surface area contributed by atoms with Crippen LogP contribution in [0.1, 0.15) is 45.1 Å². The Balaban J connectivity index is 1.90. The quantitative estimate of drug-likeness (QED) is 0.664. The molecule has 3 rings (SSSR count). The summed E-state index contributed by atoms with van der Waals surface area (Å²) in [5, 5.41) is 4.70. The number of hydrogen-bond donors (Lipinski definition) is 1. The van der Waals surface area contributed by atoms with Crippen molar-refractivity contribution in [2.75, 3.05) is 0 Å². The normalized spacial score (nSPS) is 12.8. The first kappa shape index (κ1) is 19.1. The van der Waals surface area contributed by atoms with Crippen LogP contribution in [0.4, 0.5) is 4.39 Å². The number of hydrogen-bond acceptors (Lipinski definition) is 3. The van der Waals surface area contributed by atoms with Crippen molar-refractivity contribution in [2.45, 2.75) is 45.9 Å². The minimum Gasteiger partial charge on any atom is -0.484 e. The van der Waals surface area contributed by atoms with E-state index in [-0.39, 0.29) is 11.9 Å². The van der Waals surface area contributed by atoms with Gasteiger partial charge in [0.15, 0.2) is 0 Å². The summed E-state index contributed by atoms with van der Waals surface area (Å²) >= 11 is 0. The summed E-state index contributed by atoms with van der Waals surface area (Å²) in [5.41, 5.74) is 9.84. The molecule has 0 fully saturated rings. The predicted octanol–water partition coefficient (Wildman–Crippen LogP) is 5.04. The van der Waals surface area contributed by atoms with Crippen molar-refractivity contribution in [3.05, 3.63) is 71.7 Å². The van der Waals surface area contributed by atoms with E-state index >= 15 is 0 Å². The molecule has 0 bridgehead atoms. The van der Waals surface area contributed by atoms with Crippen LogP contribution in [0.3, 0.4) is 0 Å². The van der Waals surface area contributed by atoms with Gasteiger partial charge in [0.05, 0.1) is 5.69 Å². The van der Waals surface area contributed by atoms with E-state index in [0.29, 0.717) is 5.75 Å². The third-order valence-corrected chi connectivity index (χ3v) is 4.54. The van der Waals surface area contributed by atoms with Gasteiger partial charge >= 0.3 is 0 Å². The summed E-state index contributed by atoms with van der Waals surface area (Å²) in [6.07, 6.45) is -0.254. The van der Waals surface area contributed by atoms with Gasteiger partial charge in [-0.1, -0.05) is 18.2 Å². The minimum atomic E-state index is -0.408. The summed E-state index contributed by atoms with van der Waals surface area (Å²) < 4.78 is 21.0. The van der Waals surface area contributed by atoms with Crippen molar-refractivity contribution >= 4 is 0 Å². The maximum Gasteiger partial charge on any atom is 0.140 e. The average molecular weight is 367 g/mol. The lowest BCUT2D eigenvalue weighted by Crippen LogP contribution is -2.28. The number of ether oxygens (including phenoxy) is 1. The Morgan fingerprint density at radius 1 is 1.15 bits per heavy atom. The largest absolute Gasteiger partial charge is 0.484 e. The van der Waals surface area contributed by atoms with Crippen LogP contribution in [0.25, 0.3) is 11.3 Å². The molecule has 0 radical (unpaired) electrons. The molecule has 27 heavy (non-hydrogen) atoms. The van der Waals surface area contributed by atoms with Crippen molar-refractivity contribution in [3.8, 4) is 17.0 Å². The first-order chi connectivity index (χ1) is 12.8. The molecule has 0 saturated heterocycles. The Labute approximate surface area is 159 Å². The molecule has 1 atom stereocenters. The van der Waals surface area contributed by atoms with Gasteiger partial charge in [-0.05, 0) is 69.7 Å². The van der Waals surface area contributed by atoms with Gasteiger partial charge in [0.2, 0.25) is 0 Å². The topological polar surface area (TPSA) is 53.1 Å². The van der Waals surface area contributed by atoms with Gasteiger partial charge in [0.25, 0.3) is 0 Å². The molecule has 0 aliphatic heterocycles. The van der Waals surface area contributed by atoms with E-state index in [9.17, 15) is 4.39 Å². The van der Waals surface area contributed by atoms with Gasteiger partial charge in [0.1, 0.15) is 23.4 Å². The molecule has 1 aromatic heterocycles. The van der Waals surface area contributed by atoms with Crippen LogP contribution >= 0.6 is 0 Å². The Morgan fingerprint density at radius 2 is 1.85 bits per heavy atom. The van der Waals surface area contributed by atoms with E-state index in [1.165, 1.54) is 12.1 Å². The van der Waals surface area contributed by atoms with E-state index in [4.69, 9.17) is 15.6 Å². The molecule has 2 N–H and O–H groups in total. The highest BCUT2D eigenvalue weighted by atomic mass is 19.1. The standard InChI is InChI=1S/C22H26FN3O/c1-5-26-21(16-7-6-8-17(13-16)22(3,4)24)14-20(25-26)15(2)27-19-11-9-18(23)10-12-19/h6-15H,5,24H2,1-4H3. The molecule has 4 nitrogen and oxygen atoms in total. The maximum absolute atomic E-state index is 13.1. The molecule has 1 heterocycles. The molecule has 0 aliphatic carbocycles. The van der Waals surface area contributed by atoms with Crippen LogP contribution in [-0.4, -0.2) is 9.78 Å². The van der Waals surface area contributed by atoms with Gasteiger partial charge in [-0.3, -0.25) is 4.68 Å². The lowest BCUT2D eigenvalue weighted by atomic mass is 9.93. The zero-order valence-electron chi connectivity index (χ0n) is 16.2.